The molecule has 0 bridgehead atoms. The van der Waals surface area contributed by atoms with Crippen LogP contribution in [0, 0.1) is 0 Å². The summed E-state index contributed by atoms with van der Waals surface area (Å²) < 4.78 is 27.8. The number of halogens is 1. The van der Waals surface area contributed by atoms with Crippen molar-refractivity contribution < 1.29 is 8.42 Å². The second-order valence-electron chi connectivity index (χ2n) is 4.38. The van der Waals surface area contributed by atoms with Crippen molar-refractivity contribution in [2.24, 2.45) is 0 Å². The van der Waals surface area contributed by atoms with Gasteiger partial charge < -0.3 is 0 Å². The highest BCUT2D eigenvalue weighted by Crippen LogP contribution is 2.21. The molecular weight excluding hydrogens is 338 g/mol. The Morgan fingerprint density at radius 1 is 1.00 bits per heavy atom. The van der Waals surface area contributed by atoms with Crippen LogP contribution in [0.5, 0.6) is 0 Å². The Morgan fingerprint density at radius 2 is 1.60 bits per heavy atom. The molecule has 3 nitrogen and oxygen atoms in total. The molecule has 2 rings (SSSR count). The molecule has 20 heavy (non-hydrogen) atoms. The lowest BCUT2D eigenvalue weighted by Crippen LogP contribution is -2.24. The van der Waals surface area contributed by atoms with E-state index < -0.39 is 10.0 Å². The third-order valence-electron chi connectivity index (χ3n) is 3.08. The van der Waals surface area contributed by atoms with E-state index in [2.05, 4.69) is 27.6 Å². The molecule has 2 aromatic rings. The Bertz CT molecular complexity index is 699. The highest BCUT2D eigenvalue weighted by Gasteiger charge is 2.16. The van der Waals surface area contributed by atoms with E-state index in [1.54, 1.807) is 24.3 Å². The summed E-state index contributed by atoms with van der Waals surface area (Å²) in [7, 11) is -3.51. The highest BCUT2D eigenvalue weighted by atomic mass is 79.9. The van der Waals surface area contributed by atoms with Gasteiger partial charge in [-0.05, 0) is 45.6 Å². The van der Waals surface area contributed by atoms with Gasteiger partial charge in [-0.1, -0.05) is 43.3 Å². The van der Waals surface area contributed by atoms with E-state index in [0.717, 1.165) is 17.5 Å². The molecule has 0 amide bonds. The maximum Gasteiger partial charge on any atom is 0.241 e. The largest absolute Gasteiger partial charge is 0.241 e. The molecule has 0 aromatic heterocycles. The van der Waals surface area contributed by atoms with Gasteiger partial charge in [-0.2, -0.15) is 0 Å². The molecule has 0 saturated heterocycles. The van der Waals surface area contributed by atoms with Crippen LogP contribution in [0.1, 0.15) is 18.1 Å². The molecule has 0 atom stereocenters. The summed E-state index contributed by atoms with van der Waals surface area (Å²) in [6.07, 6.45) is 0.882. The van der Waals surface area contributed by atoms with Crippen LogP contribution < -0.4 is 4.72 Å². The van der Waals surface area contributed by atoms with Crippen LogP contribution in [0.25, 0.3) is 0 Å². The van der Waals surface area contributed by atoms with Crippen molar-refractivity contribution in [3.63, 3.8) is 0 Å². The summed E-state index contributed by atoms with van der Waals surface area (Å²) in [5, 5.41) is 0. The molecular formula is C15H16BrNO2S. The number of rotatable bonds is 5. The van der Waals surface area contributed by atoms with Crippen LogP contribution in [0.4, 0.5) is 0 Å². The fraction of sp³-hybridized carbons (Fsp3) is 0.200. The molecule has 0 aliphatic heterocycles. The molecule has 1 N–H and O–H groups in total. The fourth-order valence-electron chi connectivity index (χ4n) is 1.99. The van der Waals surface area contributed by atoms with Gasteiger partial charge in [0.1, 0.15) is 0 Å². The number of nitrogens with one attached hydrogen (secondary N) is 1. The van der Waals surface area contributed by atoms with Crippen molar-refractivity contribution in [1.82, 2.24) is 4.72 Å². The zero-order chi connectivity index (χ0) is 14.6. The third kappa shape index (κ3) is 3.48. The Kier molecular flexibility index (Phi) is 4.96. The van der Waals surface area contributed by atoms with Crippen LogP contribution in [0.2, 0.25) is 0 Å². The number of sulfonamides is 1. The molecule has 0 aliphatic carbocycles. The first kappa shape index (κ1) is 15.2. The fourth-order valence-corrected chi connectivity index (χ4v) is 4.00. The van der Waals surface area contributed by atoms with E-state index in [9.17, 15) is 8.42 Å². The van der Waals surface area contributed by atoms with Crippen molar-refractivity contribution in [3.8, 4) is 0 Å². The lowest BCUT2D eigenvalue weighted by Gasteiger charge is -2.11. The number of benzene rings is 2. The topological polar surface area (TPSA) is 46.2 Å². The minimum absolute atomic E-state index is 0.258. The summed E-state index contributed by atoms with van der Waals surface area (Å²) in [4.78, 5) is 0.258. The average Bonchev–Trinajstić information content (AvgIpc) is 2.46. The number of hydrogen-bond donors (Lipinski definition) is 1. The van der Waals surface area contributed by atoms with Crippen LogP contribution in [-0.4, -0.2) is 8.42 Å². The Labute approximate surface area is 128 Å². The third-order valence-corrected chi connectivity index (χ3v) is 5.49. The van der Waals surface area contributed by atoms with Gasteiger partial charge in [-0.25, -0.2) is 13.1 Å². The lowest BCUT2D eigenvalue weighted by molar-refractivity contribution is 0.580. The smallest absolute Gasteiger partial charge is 0.207 e. The van der Waals surface area contributed by atoms with E-state index in [4.69, 9.17) is 0 Å². The Balaban J connectivity index is 2.20. The van der Waals surface area contributed by atoms with E-state index in [0.29, 0.717) is 11.0 Å². The summed E-state index contributed by atoms with van der Waals surface area (Å²) in [5.74, 6) is 0. The molecule has 0 spiro atoms. The molecule has 0 heterocycles. The minimum Gasteiger partial charge on any atom is -0.207 e. The summed E-state index contributed by atoms with van der Waals surface area (Å²) in [5.41, 5.74) is 2.16. The van der Waals surface area contributed by atoms with Gasteiger partial charge in [0.15, 0.2) is 0 Å². The predicted molar refractivity (Wildman–Crippen MR) is 84.0 cm³/mol. The zero-order valence-electron chi connectivity index (χ0n) is 11.1. The summed E-state index contributed by atoms with van der Waals surface area (Å²) in [6, 6.07) is 14.6. The first-order valence-electron chi connectivity index (χ1n) is 6.35. The number of aryl methyl sites for hydroxylation is 1. The van der Waals surface area contributed by atoms with Crippen molar-refractivity contribution >= 4 is 26.0 Å². The summed E-state index contributed by atoms with van der Waals surface area (Å²) >= 11 is 3.27. The molecule has 0 unspecified atom stereocenters. The van der Waals surface area contributed by atoms with Crippen molar-refractivity contribution in [3.05, 3.63) is 64.1 Å². The van der Waals surface area contributed by atoms with Crippen molar-refractivity contribution in [2.75, 3.05) is 0 Å². The minimum atomic E-state index is -3.51. The van der Waals surface area contributed by atoms with Crippen LogP contribution in [0.3, 0.4) is 0 Å². The van der Waals surface area contributed by atoms with Gasteiger partial charge in [-0.3, -0.25) is 0 Å². The van der Waals surface area contributed by atoms with E-state index in [1.807, 2.05) is 24.3 Å². The molecule has 2 aromatic carbocycles. The quantitative estimate of drug-likeness (QED) is 0.894. The van der Waals surface area contributed by atoms with Crippen molar-refractivity contribution in [2.45, 2.75) is 24.8 Å². The van der Waals surface area contributed by atoms with Gasteiger partial charge >= 0.3 is 0 Å². The predicted octanol–water partition coefficient (Wildman–Crippen LogP) is 3.49. The second-order valence-corrected chi connectivity index (χ2v) is 6.97. The molecule has 0 radical (unpaired) electrons. The standard InChI is InChI=1S/C15H16BrNO2S/c1-2-12-7-3-4-8-13(12)11-17-20(18,19)15-10-6-5-9-14(15)16/h3-10,17H,2,11H2,1H3. The van der Waals surface area contributed by atoms with Gasteiger partial charge in [0.05, 0.1) is 4.90 Å². The Morgan fingerprint density at radius 3 is 2.25 bits per heavy atom. The van der Waals surface area contributed by atoms with Crippen LogP contribution >= 0.6 is 15.9 Å². The van der Waals surface area contributed by atoms with Gasteiger partial charge in [0, 0.05) is 11.0 Å². The van der Waals surface area contributed by atoms with Gasteiger partial charge in [-0.15, -0.1) is 0 Å². The molecule has 0 fully saturated rings. The van der Waals surface area contributed by atoms with Crippen molar-refractivity contribution in [1.29, 1.82) is 0 Å². The zero-order valence-corrected chi connectivity index (χ0v) is 13.5. The van der Waals surface area contributed by atoms with Gasteiger partial charge in [0.2, 0.25) is 10.0 Å². The van der Waals surface area contributed by atoms with Gasteiger partial charge in [0.25, 0.3) is 0 Å². The molecule has 0 aliphatic rings. The normalized spacial score (nSPS) is 11.5. The SMILES string of the molecule is CCc1ccccc1CNS(=O)(=O)c1ccccc1Br. The molecule has 5 heteroatoms. The van der Waals surface area contributed by atoms with Crippen LogP contribution in [-0.2, 0) is 23.0 Å². The first-order chi connectivity index (χ1) is 9.54. The lowest BCUT2D eigenvalue weighted by atomic mass is 10.1. The first-order valence-corrected chi connectivity index (χ1v) is 8.63. The van der Waals surface area contributed by atoms with Crippen LogP contribution in [0.15, 0.2) is 57.9 Å². The summed E-state index contributed by atoms with van der Waals surface area (Å²) in [6.45, 7) is 2.36. The van der Waals surface area contributed by atoms with E-state index in [-0.39, 0.29) is 4.90 Å². The highest BCUT2D eigenvalue weighted by molar-refractivity contribution is 9.10. The monoisotopic (exact) mass is 353 g/mol. The maximum atomic E-state index is 12.3. The average molecular weight is 354 g/mol. The molecule has 0 saturated carbocycles. The maximum absolute atomic E-state index is 12.3. The Hall–Kier alpha value is -1.17. The number of hydrogen-bond acceptors (Lipinski definition) is 2. The molecule has 106 valence electrons. The second kappa shape index (κ2) is 6.52. The van der Waals surface area contributed by atoms with E-state index in [1.165, 1.54) is 0 Å². The van der Waals surface area contributed by atoms with E-state index >= 15 is 0 Å².